The van der Waals surface area contributed by atoms with Crippen molar-refractivity contribution >= 4 is 34.7 Å². The van der Waals surface area contributed by atoms with Gasteiger partial charge in [-0.15, -0.1) is 0 Å². The molecule has 252 valence electrons. The van der Waals surface area contributed by atoms with Crippen LogP contribution in [0.3, 0.4) is 0 Å². The Morgan fingerprint density at radius 3 is 2.44 bits per heavy atom. The van der Waals surface area contributed by atoms with Crippen LogP contribution in [0.2, 0.25) is 0 Å². The molecule has 15 heteroatoms. The lowest BCUT2D eigenvalue weighted by Gasteiger charge is -2.34. The molecule has 1 fully saturated rings. The summed E-state index contributed by atoms with van der Waals surface area (Å²) < 4.78 is 19.6. The lowest BCUT2D eigenvalue weighted by atomic mass is 10.1. The van der Waals surface area contributed by atoms with Crippen molar-refractivity contribution in [3.63, 3.8) is 0 Å². The minimum absolute atomic E-state index is 0.0725. The van der Waals surface area contributed by atoms with Crippen LogP contribution in [0.15, 0.2) is 41.7 Å². The fraction of sp³-hybridized carbons (Fsp3) is 0.394. The molecular formula is C33H40N10O5. The Labute approximate surface area is 277 Å². The maximum atomic E-state index is 12.9. The number of benzene rings is 2. The number of fused-ring (bicyclic) bond motifs is 3. The van der Waals surface area contributed by atoms with Crippen molar-refractivity contribution in [2.45, 2.75) is 33.4 Å². The number of rotatable bonds is 9. The van der Waals surface area contributed by atoms with E-state index in [0.29, 0.717) is 62.1 Å². The lowest BCUT2D eigenvalue weighted by molar-refractivity contribution is 0.0995. The summed E-state index contributed by atoms with van der Waals surface area (Å²) in [6.45, 7) is 9.47. The van der Waals surface area contributed by atoms with Crippen molar-refractivity contribution in [3.8, 4) is 17.2 Å². The number of hydrogen-bond acceptors (Lipinski definition) is 12. The number of methoxy groups -OCH3 is 1. The highest BCUT2D eigenvalue weighted by Gasteiger charge is 2.24. The number of ether oxygens (including phenoxy) is 3. The molecule has 1 saturated heterocycles. The van der Waals surface area contributed by atoms with E-state index in [9.17, 15) is 9.59 Å². The summed E-state index contributed by atoms with van der Waals surface area (Å²) in [5.41, 5.74) is 15.1. The van der Waals surface area contributed by atoms with Crippen molar-refractivity contribution in [2.75, 3.05) is 64.0 Å². The molecule has 0 saturated carbocycles. The predicted octanol–water partition coefficient (Wildman–Crippen LogP) is 2.24. The van der Waals surface area contributed by atoms with Crippen LogP contribution in [-0.4, -0.2) is 94.3 Å². The van der Waals surface area contributed by atoms with Gasteiger partial charge in [0.2, 0.25) is 11.6 Å². The highest BCUT2D eigenvalue weighted by atomic mass is 16.6. The third-order valence-corrected chi connectivity index (χ3v) is 8.48. The summed E-state index contributed by atoms with van der Waals surface area (Å²) in [5, 5.41) is 4.19. The summed E-state index contributed by atoms with van der Waals surface area (Å²) in [5.74, 6) is 1.94. The van der Waals surface area contributed by atoms with Gasteiger partial charge in [-0.1, -0.05) is 12.1 Å². The van der Waals surface area contributed by atoms with Crippen LogP contribution < -0.4 is 36.6 Å². The molecule has 2 aromatic carbocycles. The number of nitrogens with two attached hydrogens (primary N) is 2. The maximum Gasteiger partial charge on any atom is 0.415 e. The Bertz CT molecular complexity index is 1880. The number of carbonyl (C=O) groups excluding carboxylic acids is 2. The van der Waals surface area contributed by atoms with Gasteiger partial charge in [0, 0.05) is 70.1 Å². The minimum Gasteiger partial charge on any atom is -0.491 e. The van der Waals surface area contributed by atoms with Crippen LogP contribution >= 0.6 is 0 Å². The van der Waals surface area contributed by atoms with Gasteiger partial charge in [-0.05, 0) is 49.1 Å². The Morgan fingerprint density at radius 2 is 1.75 bits per heavy atom. The van der Waals surface area contributed by atoms with Gasteiger partial charge in [-0.3, -0.25) is 14.3 Å². The van der Waals surface area contributed by atoms with Crippen LogP contribution in [-0.2, 0) is 13.1 Å². The third-order valence-electron chi connectivity index (χ3n) is 8.48. The monoisotopic (exact) mass is 656 g/mol. The normalized spacial score (nSPS) is 14.9. The molecule has 0 bridgehead atoms. The second-order valence-electron chi connectivity index (χ2n) is 11.7. The summed E-state index contributed by atoms with van der Waals surface area (Å²) in [4.78, 5) is 46.7. The van der Waals surface area contributed by atoms with E-state index in [-0.39, 0.29) is 23.2 Å². The average molecular weight is 657 g/mol. The highest BCUT2D eigenvalue weighted by Crippen LogP contribution is 2.37. The summed E-state index contributed by atoms with van der Waals surface area (Å²) in [6.07, 6.45) is 3.11. The Kier molecular flexibility index (Phi) is 9.68. The number of nitrogens with one attached hydrogen (secondary N) is 1. The Hall–Kier alpha value is -5.28. The fourth-order valence-corrected chi connectivity index (χ4v) is 6.04. The molecule has 48 heavy (non-hydrogen) atoms. The first kappa shape index (κ1) is 32.7. The van der Waals surface area contributed by atoms with E-state index in [1.165, 1.54) is 12.4 Å². The van der Waals surface area contributed by atoms with E-state index in [0.717, 1.165) is 53.9 Å². The number of piperazine rings is 1. The van der Waals surface area contributed by atoms with Crippen molar-refractivity contribution < 1.29 is 23.8 Å². The molecular weight excluding hydrogens is 616 g/mol. The zero-order valence-electron chi connectivity index (χ0n) is 27.4. The van der Waals surface area contributed by atoms with E-state index in [1.54, 1.807) is 12.0 Å². The predicted molar refractivity (Wildman–Crippen MR) is 179 cm³/mol. The van der Waals surface area contributed by atoms with Gasteiger partial charge in [0.1, 0.15) is 17.1 Å². The lowest BCUT2D eigenvalue weighted by Crippen LogP contribution is -2.49. The Morgan fingerprint density at radius 1 is 1.02 bits per heavy atom. The van der Waals surface area contributed by atoms with Crippen LogP contribution in [0, 0.1) is 13.8 Å². The first-order valence-corrected chi connectivity index (χ1v) is 15.9. The van der Waals surface area contributed by atoms with Gasteiger partial charge in [0.05, 0.1) is 19.3 Å². The molecule has 0 aliphatic carbocycles. The molecule has 0 atom stereocenters. The highest BCUT2D eigenvalue weighted by molar-refractivity contribution is 5.96. The third kappa shape index (κ3) is 6.87. The summed E-state index contributed by atoms with van der Waals surface area (Å²) >= 11 is 0. The number of anilines is 2. The zero-order chi connectivity index (χ0) is 33.8. The molecule has 0 spiro atoms. The number of aryl methyl sites for hydroxylation is 2. The molecule has 2 amide bonds. The van der Waals surface area contributed by atoms with E-state index in [4.69, 9.17) is 30.7 Å². The van der Waals surface area contributed by atoms with E-state index in [2.05, 4.69) is 25.2 Å². The van der Waals surface area contributed by atoms with Crippen LogP contribution in [0.5, 0.6) is 17.2 Å². The van der Waals surface area contributed by atoms with Crippen LogP contribution in [0.25, 0.3) is 10.9 Å². The fourth-order valence-electron chi connectivity index (χ4n) is 6.04. The quantitative estimate of drug-likeness (QED) is 0.223. The zero-order valence-corrected chi connectivity index (χ0v) is 27.4. The SMILES string of the molecule is COc1c(OCCCN2CCN(C(=O)Oc3c(C)cc(CN)cc3C)CC2)ccc2c3n(c(=NC(=O)c4cnc(N)nc4)nc12)CCN3. The number of carbonyl (C=O) groups is 2. The number of aromatic nitrogens is 4. The number of nitrogen functional groups attached to an aromatic ring is 1. The van der Waals surface area contributed by atoms with E-state index >= 15 is 0 Å². The number of hydrogen-bond donors (Lipinski definition) is 3. The van der Waals surface area contributed by atoms with Gasteiger partial charge in [0.25, 0.3) is 5.91 Å². The maximum absolute atomic E-state index is 12.9. The summed E-state index contributed by atoms with van der Waals surface area (Å²) in [7, 11) is 1.56. The van der Waals surface area contributed by atoms with Crippen molar-refractivity contribution in [2.24, 2.45) is 10.7 Å². The molecule has 0 unspecified atom stereocenters. The molecule has 2 aliphatic heterocycles. The van der Waals surface area contributed by atoms with Gasteiger partial charge >= 0.3 is 6.09 Å². The van der Waals surface area contributed by atoms with Crippen LogP contribution in [0.1, 0.15) is 33.5 Å². The summed E-state index contributed by atoms with van der Waals surface area (Å²) in [6, 6.07) is 7.71. The van der Waals surface area contributed by atoms with Crippen molar-refractivity contribution in [1.29, 1.82) is 0 Å². The van der Waals surface area contributed by atoms with Crippen molar-refractivity contribution in [1.82, 2.24) is 29.3 Å². The first-order chi connectivity index (χ1) is 23.2. The Balaban J connectivity index is 1.07. The van der Waals surface area contributed by atoms with Gasteiger partial charge < -0.3 is 35.9 Å². The molecule has 6 rings (SSSR count). The molecule has 2 aliphatic rings. The van der Waals surface area contributed by atoms with Gasteiger partial charge in [0.15, 0.2) is 11.5 Å². The minimum atomic E-state index is -0.532. The van der Waals surface area contributed by atoms with Crippen LogP contribution in [0.4, 0.5) is 16.6 Å². The van der Waals surface area contributed by atoms with Gasteiger partial charge in [-0.2, -0.15) is 4.99 Å². The second kappa shape index (κ2) is 14.2. The first-order valence-electron chi connectivity index (χ1n) is 15.9. The molecule has 2 aromatic heterocycles. The molecule has 4 heterocycles. The second-order valence-corrected chi connectivity index (χ2v) is 11.7. The largest absolute Gasteiger partial charge is 0.491 e. The van der Waals surface area contributed by atoms with Crippen molar-refractivity contribution in [3.05, 3.63) is 64.5 Å². The molecule has 15 nitrogen and oxygen atoms in total. The molecule has 4 aromatic rings. The molecule has 0 radical (unpaired) electrons. The van der Waals surface area contributed by atoms with Gasteiger partial charge in [-0.25, -0.2) is 19.7 Å². The standard InChI is InChI=1S/C33H40N10O5/c1-20-15-22(17-34)16-21(2)27(20)48-33(45)42-12-10-41(11-13-42)8-4-14-47-25-6-5-24-26(28(25)46-3)39-32(43-9-7-36-29(24)43)40-30(44)23-18-37-31(35)38-19-23/h5-6,15-16,18-19,36H,4,7-14,17,34H2,1-3H3,(H2,35,37,38). The van der Waals surface area contributed by atoms with E-state index < -0.39 is 5.91 Å². The topological polar surface area (TPSA) is 188 Å². The number of amides is 2. The smallest absolute Gasteiger partial charge is 0.415 e. The average Bonchev–Trinajstić information content (AvgIpc) is 3.59. The number of nitrogens with zero attached hydrogens (tertiary/aromatic N) is 7. The van der Waals surface area contributed by atoms with E-state index in [1.807, 2.05) is 42.7 Å². The molecule has 5 N–H and O–H groups in total.